The predicted octanol–water partition coefficient (Wildman–Crippen LogP) is 4.22. The van der Waals surface area contributed by atoms with Gasteiger partial charge in [-0.15, -0.1) is 11.8 Å². The second-order valence-corrected chi connectivity index (χ2v) is 6.28. The van der Waals surface area contributed by atoms with Gasteiger partial charge in [0, 0.05) is 16.7 Å². The molecule has 1 saturated carbocycles. The molecule has 0 radical (unpaired) electrons. The average Bonchev–Trinajstić information content (AvgIpc) is 2.61. The number of nitrogens with one attached hydrogen (secondary N) is 1. The summed E-state index contributed by atoms with van der Waals surface area (Å²) in [5, 5.41) is 4.04. The molecule has 1 aromatic rings. The van der Waals surface area contributed by atoms with E-state index in [9.17, 15) is 0 Å². The van der Waals surface area contributed by atoms with Crippen molar-refractivity contribution in [1.82, 2.24) is 5.32 Å². The van der Waals surface area contributed by atoms with E-state index in [1.165, 1.54) is 49.0 Å². The molecule has 94 valence electrons. The first-order valence-corrected chi connectivity index (χ1v) is 7.66. The van der Waals surface area contributed by atoms with Crippen LogP contribution < -0.4 is 5.32 Å². The van der Waals surface area contributed by atoms with Crippen LogP contribution >= 0.6 is 11.8 Å². The van der Waals surface area contributed by atoms with Crippen molar-refractivity contribution in [1.29, 1.82) is 0 Å². The van der Waals surface area contributed by atoms with E-state index in [4.69, 9.17) is 0 Å². The van der Waals surface area contributed by atoms with Crippen LogP contribution in [0.5, 0.6) is 0 Å². The fourth-order valence-corrected chi connectivity index (χ4v) is 3.69. The van der Waals surface area contributed by atoms with Gasteiger partial charge >= 0.3 is 0 Å². The van der Waals surface area contributed by atoms with Crippen molar-refractivity contribution in [2.45, 2.75) is 55.2 Å². The van der Waals surface area contributed by atoms with Crippen LogP contribution in [-0.4, -0.2) is 12.3 Å². The van der Waals surface area contributed by atoms with Gasteiger partial charge in [0.05, 0.1) is 0 Å². The van der Waals surface area contributed by atoms with Crippen LogP contribution in [0.3, 0.4) is 0 Å². The minimum atomic E-state index is 0.854. The SMILES string of the molecule is CNCc1ccc(SC2CCCCCC2)cc1. The van der Waals surface area contributed by atoms with Gasteiger partial charge in [0.25, 0.3) is 0 Å². The summed E-state index contributed by atoms with van der Waals surface area (Å²) in [5.74, 6) is 0. The molecule has 0 aliphatic heterocycles. The van der Waals surface area contributed by atoms with Crippen molar-refractivity contribution in [2.75, 3.05) is 7.05 Å². The molecule has 0 spiro atoms. The zero-order valence-electron chi connectivity index (χ0n) is 10.7. The largest absolute Gasteiger partial charge is 0.316 e. The minimum Gasteiger partial charge on any atom is -0.316 e. The lowest BCUT2D eigenvalue weighted by Gasteiger charge is -2.13. The first-order chi connectivity index (χ1) is 8.38. The van der Waals surface area contributed by atoms with Crippen LogP contribution in [0.25, 0.3) is 0 Å². The molecule has 2 heteroatoms. The Labute approximate surface area is 109 Å². The number of benzene rings is 1. The van der Waals surface area contributed by atoms with Crippen LogP contribution in [0.15, 0.2) is 29.2 Å². The van der Waals surface area contributed by atoms with Gasteiger partial charge in [-0.05, 0) is 37.6 Å². The molecule has 1 aromatic carbocycles. The van der Waals surface area contributed by atoms with Crippen molar-refractivity contribution in [3.63, 3.8) is 0 Å². The first kappa shape index (κ1) is 13.0. The van der Waals surface area contributed by atoms with Crippen LogP contribution in [0, 0.1) is 0 Å². The van der Waals surface area contributed by atoms with Gasteiger partial charge in [-0.25, -0.2) is 0 Å². The molecular weight excluding hydrogens is 226 g/mol. The van der Waals surface area contributed by atoms with Crippen molar-refractivity contribution in [3.05, 3.63) is 29.8 Å². The second kappa shape index (κ2) is 7.07. The molecule has 1 fully saturated rings. The van der Waals surface area contributed by atoms with E-state index in [0.29, 0.717) is 0 Å². The highest BCUT2D eigenvalue weighted by atomic mass is 32.2. The molecule has 0 unspecified atom stereocenters. The summed E-state index contributed by atoms with van der Waals surface area (Å²) >= 11 is 2.08. The lowest BCUT2D eigenvalue weighted by molar-refractivity contribution is 0.702. The van der Waals surface area contributed by atoms with Gasteiger partial charge in [0.2, 0.25) is 0 Å². The van der Waals surface area contributed by atoms with Gasteiger partial charge in [0.15, 0.2) is 0 Å². The van der Waals surface area contributed by atoms with Crippen LogP contribution in [0.2, 0.25) is 0 Å². The van der Waals surface area contributed by atoms with Gasteiger partial charge in [-0.2, -0.15) is 0 Å². The topological polar surface area (TPSA) is 12.0 Å². The van der Waals surface area contributed by atoms with E-state index in [2.05, 4.69) is 41.3 Å². The standard InChI is InChI=1S/C15H23NS/c1-16-12-13-8-10-15(11-9-13)17-14-6-4-2-3-5-7-14/h8-11,14,16H,2-7,12H2,1H3. The molecule has 0 amide bonds. The lowest BCUT2D eigenvalue weighted by atomic mass is 10.2. The Hall–Kier alpha value is -0.470. The zero-order chi connectivity index (χ0) is 11.9. The molecule has 2 rings (SSSR count). The van der Waals surface area contributed by atoms with Crippen molar-refractivity contribution >= 4 is 11.8 Å². The number of thioether (sulfide) groups is 1. The molecule has 1 aliphatic rings. The molecule has 1 nitrogen and oxygen atoms in total. The van der Waals surface area contributed by atoms with Gasteiger partial charge in [-0.3, -0.25) is 0 Å². The van der Waals surface area contributed by atoms with E-state index in [1.54, 1.807) is 0 Å². The summed E-state index contributed by atoms with van der Waals surface area (Å²) in [5.41, 5.74) is 1.37. The van der Waals surface area contributed by atoms with Crippen molar-refractivity contribution in [2.24, 2.45) is 0 Å². The van der Waals surface area contributed by atoms with Crippen LogP contribution in [-0.2, 0) is 6.54 Å². The molecule has 0 atom stereocenters. The van der Waals surface area contributed by atoms with E-state index >= 15 is 0 Å². The normalized spacial score (nSPS) is 17.9. The van der Waals surface area contributed by atoms with Gasteiger partial charge < -0.3 is 5.32 Å². The Morgan fingerprint density at radius 1 is 1.06 bits per heavy atom. The molecule has 1 aliphatic carbocycles. The van der Waals surface area contributed by atoms with E-state index in [0.717, 1.165) is 11.8 Å². The Bertz CT molecular complexity index is 312. The number of hydrogen-bond donors (Lipinski definition) is 1. The molecule has 17 heavy (non-hydrogen) atoms. The molecule has 0 bridgehead atoms. The van der Waals surface area contributed by atoms with E-state index in [1.807, 2.05) is 7.05 Å². The zero-order valence-corrected chi connectivity index (χ0v) is 11.6. The number of hydrogen-bond acceptors (Lipinski definition) is 2. The van der Waals surface area contributed by atoms with Gasteiger partial charge in [-0.1, -0.05) is 37.8 Å². The maximum absolute atomic E-state index is 3.19. The van der Waals surface area contributed by atoms with Crippen molar-refractivity contribution < 1.29 is 0 Å². The van der Waals surface area contributed by atoms with Gasteiger partial charge in [0.1, 0.15) is 0 Å². The maximum atomic E-state index is 3.19. The summed E-state index contributed by atoms with van der Waals surface area (Å²) in [6.07, 6.45) is 8.55. The van der Waals surface area contributed by atoms with Crippen LogP contribution in [0.1, 0.15) is 44.1 Å². The third-order valence-electron chi connectivity index (χ3n) is 3.41. The first-order valence-electron chi connectivity index (χ1n) is 6.78. The highest BCUT2D eigenvalue weighted by molar-refractivity contribution is 8.00. The molecule has 0 saturated heterocycles. The quantitative estimate of drug-likeness (QED) is 0.802. The molecular formula is C15H23NS. The predicted molar refractivity (Wildman–Crippen MR) is 76.6 cm³/mol. The monoisotopic (exact) mass is 249 g/mol. The Balaban J connectivity index is 1.88. The summed E-state index contributed by atoms with van der Waals surface area (Å²) in [7, 11) is 1.99. The number of rotatable bonds is 4. The van der Waals surface area contributed by atoms with E-state index in [-0.39, 0.29) is 0 Å². The molecule has 0 heterocycles. The Kier molecular flexibility index (Phi) is 5.40. The third kappa shape index (κ3) is 4.36. The van der Waals surface area contributed by atoms with E-state index < -0.39 is 0 Å². The fourth-order valence-electron chi connectivity index (χ4n) is 2.44. The lowest BCUT2D eigenvalue weighted by Crippen LogP contribution is -2.04. The average molecular weight is 249 g/mol. The summed E-state index contributed by atoms with van der Waals surface area (Å²) < 4.78 is 0. The third-order valence-corrected chi connectivity index (χ3v) is 4.76. The molecule has 0 aromatic heterocycles. The smallest absolute Gasteiger partial charge is 0.0202 e. The fraction of sp³-hybridized carbons (Fsp3) is 0.600. The summed E-state index contributed by atoms with van der Waals surface area (Å²) in [6, 6.07) is 9.05. The maximum Gasteiger partial charge on any atom is 0.0202 e. The van der Waals surface area contributed by atoms with Crippen molar-refractivity contribution in [3.8, 4) is 0 Å². The Morgan fingerprint density at radius 2 is 1.71 bits per heavy atom. The minimum absolute atomic E-state index is 0.854. The highest BCUT2D eigenvalue weighted by Crippen LogP contribution is 2.32. The van der Waals surface area contributed by atoms with Crippen LogP contribution in [0.4, 0.5) is 0 Å². The Morgan fingerprint density at radius 3 is 2.29 bits per heavy atom. The molecule has 1 N–H and O–H groups in total. The second-order valence-electron chi connectivity index (χ2n) is 4.91. The summed E-state index contributed by atoms with van der Waals surface area (Å²) in [6.45, 7) is 0.967. The summed E-state index contributed by atoms with van der Waals surface area (Å²) in [4.78, 5) is 1.44. The highest BCUT2D eigenvalue weighted by Gasteiger charge is 2.13.